The van der Waals surface area contributed by atoms with Gasteiger partial charge >= 0.3 is 0 Å². The summed E-state index contributed by atoms with van der Waals surface area (Å²) in [6, 6.07) is 11.3. The zero-order valence-corrected chi connectivity index (χ0v) is 13.8. The van der Waals surface area contributed by atoms with Gasteiger partial charge in [-0.25, -0.2) is 5.01 Å². The minimum Gasteiger partial charge on any atom is -0.326 e. The number of nitrogens with one attached hydrogen (secondary N) is 1. The maximum atomic E-state index is 12.0. The van der Waals surface area contributed by atoms with Crippen LogP contribution in [0.1, 0.15) is 36.8 Å². The zero-order chi connectivity index (χ0) is 16.4. The van der Waals surface area contributed by atoms with Crippen molar-refractivity contribution in [1.29, 1.82) is 0 Å². The number of rotatable bonds is 3. The summed E-state index contributed by atoms with van der Waals surface area (Å²) >= 11 is 1.61. The van der Waals surface area contributed by atoms with Crippen LogP contribution in [0.25, 0.3) is 0 Å². The van der Waals surface area contributed by atoms with Gasteiger partial charge < -0.3 is 5.32 Å². The molecular formula is C17H17N3O2S. The van der Waals surface area contributed by atoms with E-state index in [1.807, 2.05) is 41.8 Å². The van der Waals surface area contributed by atoms with E-state index in [2.05, 4.69) is 10.4 Å². The smallest absolute Gasteiger partial charge is 0.240 e. The first-order chi connectivity index (χ1) is 11.1. The number of carbonyl (C=O) groups excluding carboxylic acids is 2. The van der Waals surface area contributed by atoms with E-state index in [1.165, 1.54) is 18.9 Å². The first-order valence-electron chi connectivity index (χ1n) is 7.34. The second kappa shape index (κ2) is 6.34. The molecule has 0 radical (unpaired) electrons. The molecule has 1 aliphatic heterocycles. The third-order valence-corrected chi connectivity index (χ3v) is 4.59. The Bertz CT molecular complexity index is 768. The minimum atomic E-state index is -0.201. The molecule has 6 heteroatoms. The molecule has 2 heterocycles. The van der Waals surface area contributed by atoms with Crippen molar-refractivity contribution in [1.82, 2.24) is 5.01 Å². The summed E-state index contributed by atoms with van der Waals surface area (Å²) < 4.78 is 0. The molecule has 0 bridgehead atoms. The number of carbonyl (C=O) groups is 2. The lowest BCUT2D eigenvalue weighted by molar-refractivity contribution is -0.130. The molecule has 1 aromatic carbocycles. The van der Waals surface area contributed by atoms with E-state index < -0.39 is 0 Å². The van der Waals surface area contributed by atoms with Gasteiger partial charge in [-0.15, -0.1) is 11.3 Å². The second-order valence-corrected chi connectivity index (χ2v) is 6.32. The van der Waals surface area contributed by atoms with Gasteiger partial charge in [-0.05, 0) is 17.5 Å². The van der Waals surface area contributed by atoms with E-state index in [0.29, 0.717) is 6.42 Å². The van der Waals surface area contributed by atoms with E-state index in [4.69, 9.17) is 0 Å². The molecule has 1 aliphatic rings. The van der Waals surface area contributed by atoms with Crippen molar-refractivity contribution >= 4 is 34.6 Å². The summed E-state index contributed by atoms with van der Waals surface area (Å²) in [5.41, 5.74) is 2.52. The Hall–Kier alpha value is -2.47. The SMILES string of the molecule is CC(=O)Nc1ccccc1[C@@H]1CC(c2cccs2)=NN1C(C)=O. The van der Waals surface area contributed by atoms with E-state index in [-0.39, 0.29) is 17.9 Å². The third kappa shape index (κ3) is 3.17. The molecule has 5 nitrogen and oxygen atoms in total. The maximum Gasteiger partial charge on any atom is 0.240 e. The molecule has 118 valence electrons. The fourth-order valence-electron chi connectivity index (χ4n) is 2.73. The summed E-state index contributed by atoms with van der Waals surface area (Å²) in [7, 11) is 0. The Morgan fingerprint density at radius 3 is 2.65 bits per heavy atom. The molecule has 2 amide bonds. The minimum absolute atomic E-state index is 0.112. The van der Waals surface area contributed by atoms with Gasteiger partial charge in [0.2, 0.25) is 11.8 Å². The lowest BCUT2D eigenvalue weighted by atomic mass is 9.99. The summed E-state index contributed by atoms with van der Waals surface area (Å²) in [5.74, 6) is -0.247. The van der Waals surface area contributed by atoms with Gasteiger partial charge in [0.15, 0.2) is 0 Å². The molecule has 0 aliphatic carbocycles. The van der Waals surface area contributed by atoms with Crippen molar-refractivity contribution < 1.29 is 9.59 Å². The lowest BCUT2D eigenvalue weighted by Gasteiger charge is -2.23. The first-order valence-corrected chi connectivity index (χ1v) is 8.22. The lowest BCUT2D eigenvalue weighted by Crippen LogP contribution is -2.25. The number of thiophene rings is 1. The number of para-hydroxylation sites is 1. The Labute approximate surface area is 138 Å². The molecule has 1 atom stereocenters. The molecule has 0 spiro atoms. The molecule has 23 heavy (non-hydrogen) atoms. The topological polar surface area (TPSA) is 61.8 Å². The average molecular weight is 327 g/mol. The highest BCUT2D eigenvalue weighted by Crippen LogP contribution is 2.37. The third-order valence-electron chi connectivity index (χ3n) is 3.67. The number of hydrogen-bond donors (Lipinski definition) is 1. The van der Waals surface area contributed by atoms with Crippen molar-refractivity contribution in [2.45, 2.75) is 26.3 Å². The van der Waals surface area contributed by atoms with Crippen LogP contribution in [0.4, 0.5) is 5.69 Å². The van der Waals surface area contributed by atoms with Gasteiger partial charge in [-0.2, -0.15) is 5.10 Å². The van der Waals surface area contributed by atoms with Crippen molar-refractivity contribution in [3.05, 3.63) is 52.2 Å². The maximum absolute atomic E-state index is 12.0. The van der Waals surface area contributed by atoms with Crippen LogP contribution < -0.4 is 5.32 Å². The Morgan fingerprint density at radius 2 is 2.00 bits per heavy atom. The van der Waals surface area contributed by atoms with E-state index in [9.17, 15) is 9.59 Å². The summed E-state index contributed by atoms with van der Waals surface area (Å²) in [5, 5.41) is 10.8. The van der Waals surface area contributed by atoms with Crippen LogP contribution >= 0.6 is 11.3 Å². The molecule has 1 aromatic heterocycles. The molecule has 0 saturated carbocycles. The van der Waals surface area contributed by atoms with E-state index >= 15 is 0 Å². The van der Waals surface area contributed by atoms with Crippen LogP contribution in [0, 0.1) is 0 Å². The number of anilines is 1. The predicted molar refractivity (Wildman–Crippen MR) is 91.5 cm³/mol. The van der Waals surface area contributed by atoms with Crippen molar-refractivity contribution in [2.24, 2.45) is 5.10 Å². The fraction of sp³-hybridized carbons (Fsp3) is 0.235. The van der Waals surface area contributed by atoms with Gasteiger partial charge in [-0.3, -0.25) is 9.59 Å². The Kier molecular flexibility index (Phi) is 4.25. The molecule has 2 aromatic rings. The summed E-state index contributed by atoms with van der Waals surface area (Å²) in [6.45, 7) is 2.98. The highest BCUT2D eigenvalue weighted by molar-refractivity contribution is 7.12. The highest BCUT2D eigenvalue weighted by Gasteiger charge is 2.33. The van der Waals surface area contributed by atoms with Crippen molar-refractivity contribution in [2.75, 3.05) is 5.32 Å². The predicted octanol–water partition coefficient (Wildman–Crippen LogP) is 3.40. The molecule has 0 unspecified atom stereocenters. The van der Waals surface area contributed by atoms with Gasteiger partial charge in [0.05, 0.1) is 16.6 Å². The zero-order valence-electron chi connectivity index (χ0n) is 12.9. The molecule has 3 rings (SSSR count). The van der Waals surface area contributed by atoms with Gasteiger partial charge in [-0.1, -0.05) is 24.3 Å². The highest BCUT2D eigenvalue weighted by atomic mass is 32.1. The number of hydrazone groups is 1. The number of amides is 2. The van der Waals surface area contributed by atoms with E-state index in [0.717, 1.165) is 21.8 Å². The molecular weight excluding hydrogens is 310 g/mol. The van der Waals surface area contributed by atoms with Crippen LogP contribution in [0.5, 0.6) is 0 Å². The first kappa shape index (κ1) is 15.4. The monoisotopic (exact) mass is 327 g/mol. The van der Waals surface area contributed by atoms with Gasteiger partial charge in [0, 0.05) is 31.5 Å². The van der Waals surface area contributed by atoms with Crippen LogP contribution in [-0.4, -0.2) is 22.5 Å². The standard InChI is InChI=1S/C17H17N3O2S/c1-11(21)18-14-7-4-3-6-13(14)16-10-15(17-8-5-9-23-17)19-20(16)12(2)22/h3-9,16H,10H2,1-2H3,(H,18,21)/t16-/m0/s1. The fourth-order valence-corrected chi connectivity index (χ4v) is 3.45. The average Bonchev–Trinajstić information content (AvgIpc) is 3.16. The molecule has 0 saturated heterocycles. The van der Waals surface area contributed by atoms with Crippen molar-refractivity contribution in [3.8, 4) is 0 Å². The normalized spacial score (nSPS) is 17.0. The van der Waals surface area contributed by atoms with Gasteiger partial charge in [0.1, 0.15) is 0 Å². The molecule has 0 fully saturated rings. The summed E-state index contributed by atoms with van der Waals surface area (Å²) in [6.07, 6.45) is 0.636. The summed E-state index contributed by atoms with van der Waals surface area (Å²) in [4.78, 5) is 24.5. The Balaban J connectivity index is 1.97. The number of benzene rings is 1. The van der Waals surface area contributed by atoms with Crippen molar-refractivity contribution in [3.63, 3.8) is 0 Å². The quantitative estimate of drug-likeness (QED) is 0.939. The van der Waals surface area contributed by atoms with Gasteiger partial charge in [0.25, 0.3) is 0 Å². The van der Waals surface area contributed by atoms with Crippen LogP contribution in [0.3, 0.4) is 0 Å². The second-order valence-electron chi connectivity index (χ2n) is 5.38. The van der Waals surface area contributed by atoms with Crippen LogP contribution in [0.2, 0.25) is 0 Å². The Morgan fingerprint density at radius 1 is 1.22 bits per heavy atom. The van der Waals surface area contributed by atoms with Crippen LogP contribution in [0.15, 0.2) is 46.9 Å². The number of hydrogen-bond acceptors (Lipinski definition) is 4. The molecule has 1 N–H and O–H groups in total. The van der Waals surface area contributed by atoms with Crippen LogP contribution in [-0.2, 0) is 9.59 Å². The number of nitrogens with zero attached hydrogens (tertiary/aromatic N) is 2. The largest absolute Gasteiger partial charge is 0.326 e. The van der Waals surface area contributed by atoms with E-state index in [1.54, 1.807) is 11.3 Å².